The summed E-state index contributed by atoms with van der Waals surface area (Å²) in [6.45, 7) is 0.129. The number of amides is 4. The highest BCUT2D eigenvalue weighted by atomic mass is 19.1. The number of carbonyl (C=O) groups is 3. The molecule has 2 aliphatic rings. The fraction of sp³-hybridized carbons (Fsp3) is 0.583. The summed E-state index contributed by atoms with van der Waals surface area (Å²) in [4.78, 5) is 34.6. The molecule has 1 aliphatic carbocycles. The molecular formula is C12H15FN2O3. The zero-order valence-electron chi connectivity index (χ0n) is 9.95. The van der Waals surface area contributed by atoms with Crippen LogP contribution in [0.2, 0.25) is 0 Å². The van der Waals surface area contributed by atoms with Gasteiger partial charge in [0, 0.05) is 6.54 Å². The number of hydrogen-bond acceptors (Lipinski definition) is 3. The van der Waals surface area contributed by atoms with E-state index in [9.17, 15) is 18.8 Å². The molecule has 2 rings (SSSR count). The third-order valence-electron chi connectivity index (χ3n) is 3.23. The van der Waals surface area contributed by atoms with E-state index >= 15 is 0 Å². The number of nitrogens with one attached hydrogen (secondary N) is 1. The summed E-state index contributed by atoms with van der Waals surface area (Å²) < 4.78 is 13.2. The lowest BCUT2D eigenvalue weighted by Crippen LogP contribution is -2.59. The first-order chi connectivity index (χ1) is 8.59. The molecule has 4 amide bonds. The molecule has 6 heteroatoms. The molecule has 18 heavy (non-hydrogen) atoms. The predicted octanol–water partition coefficient (Wildman–Crippen LogP) is 1.29. The third-order valence-corrected chi connectivity index (χ3v) is 3.23. The summed E-state index contributed by atoms with van der Waals surface area (Å²) in [5.41, 5.74) is 1.19. The molecule has 1 saturated heterocycles. The molecule has 1 atom stereocenters. The molecule has 0 aromatic heterocycles. The maximum absolute atomic E-state index is 13.2. The maximum atomic E-state index is 13.2. The number of alkyl halides is 1. The monoisotopic (exact) mass is 254 g/mol. The van der Waals surface area contributed by atoms with Crippen LogP contribution in [0, 0.1) is 0 Å². The highest BCUT2D eigenvalue weighted by Crippen LogP contribution is 2.21. The van der Waals surface area contributed by atoms with Gasteiger partial charge in [-0.3, -0.25) is 19.8 Å². The molecule has 98 valence electrons. The van der Waals surface area contributed by atoms with Gasteiger partial charge in [-0.05, 0) is 32.1 Å². The molecule has 0 radical (unpaired) electrons. The van der Waals surface area contributed by atoms with E-state index in [2.05, 4.69) is 6.08 Å². The normalized spacial score (nSPS) is 24.9. The third kappa shape index (κ3) is 2.57. The average molecular weight is 254 g/mol. The fourth-order valence-corrected chi connectivity index (χ4v) is 2.18. The van der Waals surface area contributed by atoms with Crippen molar-refractivity contribution < 1.29 is 18.8 Å². The van der Waals surface area contributed by atoms with E-state index < -0.39 is 24.0 Å². The average Bonchev–Trinajstić information content (AvgIpc) is 2.37. The summed E-state index contributed by atoms with van der Waals surface area (Å²) in [5.74, 6) is -2.22. The predicted molar refractivity (Wildman–Crippen MR) is 61.3 cm³/mol. The Morgan fingerprint density at radius 3 is 2.78 bits per heavy atom. The molecule has 1 unspecified atom stereocenters. The molecule has 0 bridgehead atoms. The number of nitrogens with zero attached hydrogens (tertiary/aromatic N) is 1. The number of halogens is 1. The first-order valence-corrected chi connectivity index (χ1v) is 6.08. The molecule has 1 aliphatic heterocycles. The quantitative estimate of drug-likeness (QED) is 0.609. The van der Waals surface area contributed by atoms with Crippen LogP contribution in [0.5, 0.6) is 0 Å². The number of hydrogen-bond donors (Lipinski definition) is 1. The number of carbonyl (C=O) groups excluding carboxylic acids is 3. The standard InChI is InChI=1S/C12H15FN2O3/c13-9-10(16)14-12(18)15(11(9)17)7-6-8-4-2-1-3-5-8/h4,9H,1-3,5-7H2,(H,14,16,18). The minimum absolute atomic E-state index is 0.129. The van der Waals surface area contributed by atoms with E-state index in [4.69, 9.17) is 0 Å². The first kappa shape index (κ1) is 12.7. The zero-order chi connectivity index (χ0) is 13.1. The number of rotatable bonds is 3. The van der Waals surface area contributed by atoms with Crippen molar-refractivity contribution >= 4 is 17.8 Å². The van der Waals surface area contributed by atoms with Gasteiger partial charge in [0.2, 0.25) is 0 Å². The Labute approximate surface area is 104 Å². The maximum Gasteiger partial charge on any atom is 0.330 e. The molecule has 1 heterocycles. The lowest BCUT2D eigenvalue weighted by atomic mass is 9.97. The Hall–Kier alpha value is -1.72. The Morgan fingerprint density at radius 2 is 2.11 bits per heavy atom. The van der Waals surface area contributed by atoms with Crippen LogP contribution in [-0.4, -0.2) is 35.5 Å². The largest absolute Gasteiger partial charge is 0.330 e. The van der Waals surface area contributed by atoms with Crippen molar-refractivity contribution in [1.82, 2.24) is 10.2 Å². The second-order valence-electron chi connectivity index (χ2n) is 4.50. The van der Waals surface area contributed by atoms with Crippen molar-refractivity contribution in [3.8, 4) is 0 Å². The van der Waals surface area contributed by atoms with Gasteiger partial charge in [-0.2, -0.15) is 0 Å². The van der Waals surface area contributed by atoms with Gasteiger partial charge in [0.05, 0.1) is 0 Å². The molecule has 1 N–H and O–H groups in total. The lowest BCUT2D eigenvalue weighted by molar-refractivity contribution is -0.143. The number of urea groups is 1. The van der Waals surface area contributed by atoms with E-state index in [0.717, 1.165) is 30.6 Å². The van der Waals surface area contributed by atoms with Crippen LogP contribution in [0.1, 0.15) is 32.1 Å². The van der Waals surface area contributed by atoms with Crippen molar-refractivity contribution in [2.45, 2.75) is 38.3 Å². The van der Waals surface area contributed by atoms with Gasteiger partial charge in [0.1, 0.15) is 0 Å². The van der Waals surface area contributed by atoms with Gasteiger partial charge in [-0.25, -0.2) is 9.18 Å². The summed E-state index contributed by atoms with van der Waals surface area (Å²) in [6.07, 6.45) is 4.64. The van der Waals surface area contributed by atoms with Gasteiger partial charge in [-0.15, -0.1) is 0 Å². The first-order valence-electron chi connectivity index (χ1n) is 6.08. The minimum atomic E-state index is -2.26. The Kier molecular flexibility index (Phi) is 3.74. The van der Waals surface area contributed by atoms with Gasteiger partial charge < -0.3 is 0 Å². The van der Waals surface area contributed by atoms with Crippen molar-refractivity contribution in [2.75, 3.05) is 6.54 Å². The summed E-state index contributed by atoms with van der Waals surface area (Å²) in [6, 6.07) is -0.824. The fourth-order valence-electron chi connectivity index (χ4n) is 2.18. The smallest absolute Gasteiger partial charge is 0.275 e. The van der Waals surface area contributed by atoms with E-state index in [0.29, 0.717) is 6.42 Å². The van der Waals surface area contributed by atoms with Gasteiger partial charge in [0.25, 0.3) is 18.0 Å². The van der Waals surface area contributed by atoms with E-state index in [-0.39, 0.29) is 6.54 Å². The van der Waals surface area contributed by atoms with Crippen LogP contribution in [0.15, 0.2) is 11.6 Å². The molecule has 0 aromatic rings. The van der Waals surface area contributed by atoms with Gasteiger partial charge in [0.15, 0.2) is 0 Å². The van der Waals surface area contributed by atoms with Crippen LogP contribution in [-0.2, 0) is 9.59 Å². The topological polar surface area (TPSA) is 66.5 Å². The van der Waals surface area contributed by atoms with Crippen molar-refractivity contribution in [2.24, 2.45) is 0 Å². The van der Waals surface area contributed by atoms with Crippen LogP contribution >= 0.6 is 0 Å². The summed E-state index contributed by atoms with van der Waals surface area (Å²) >= 11 is 0. The highest BCUT2D eigenvalue weighted by molar-refractivity contribution is 6.17. The van der Waals surface area contributed by atoms with Crippen LogP contribution in [0.4, 0.5) is 9.18 Å². The van der Waals surface area contributed by atoms with Crippen LogP contribution in [0.3, 0.4) is 0 Å². The second-order valence-corrected chi connectivity index (χ2v) is 4.50. The number of imide groups is 2. The molecule has 0 saturated carbocycles. The molecule has 0 aromatic carbocycles. The molecule has 5 nitrogen and oxygen atoms in total. The number of barbiturate groups is 1. The van der Waals surface area contributed by atoms with Gasteiger partial charge in [-0.1, -0.05) is 11.6 Å². The minimum Gasteiger partial charge on any atom is -0.275 e. The summed E-state index contributed by atoms with van der Waals surface area (Å²) in [7, 11) is 0. The second kappa shape index (κ2) is 5.29. The number of allylic oxidation sites excluding steroid dienone is 1. The van der Waals surface area contributed by atoms with E-state index in [1.54, 1.807) is 0 Å². The summed E-state index contributed by atoms with van der Waals surface area (Å²) in [5, 5.41) is 1.83. The van der Waals surface area contributed by atoms with Crippen LogP contribution < -0.4 is 5.32 Å². The Bertz CT molecular complexity index is 420. The van der Waals surface area contributed by atoms with Crippen molar-refractivity contribution in [3.63, 3.8) is 0 Å². The van der Waals surface area contributed by atoms with Crippen molar-refractivity contribution in [1.29, 1.82) is 0 Å². The zero-order valence-corrected chi connectivity index (χ0v) is 9.95. The van der Waals surface area contributed by atoms with Crippen molar-refractivity contribution in [3.05, 3.63) is 11.6 Å². The highest BCUT2D eigenvalue weighted by Gasteiger charge is 2.40. The van der Waals surface area contributed by atoms with E-state index in [1.165, 1.54) is 5.57 Å². The molecule has 0 spiro atoms. The Balaban J connectivity index is 1.95. The van der Waals surface area contributed by atoms with Crippen LogP contribution in [0.25, 0.3) is 0 Å². The SMILES string of the molecule is O=C1NC(=O)N(CCC2=CCCCC2)C(=O)C1F. The Morgan fingerprint density at radius 1 is 1.33 bits per heavy atom. The van der Waals surface area contributed by atoms with E-state index in [1.807, 2.05) is 5.32 Å². The lowest BCUT2D eigenvalue weighted by Gasteiger charge is -2.27. The molecular weight excluding hydrogens is 239 g/mol. The molecule has 1 fully saturated rings. The van der Waals surface area contributed by atoms with Gasteiger partial charge >= 0.3 is 6.03 Å².